The van der Waals surface area contributed by atoms with Crippen molar-refractivity contribution in [1.82, 2.24) is 35.3 Å². The minimum absolute atomic E-state index is 0.255. The number of anilines is 1. The van der Waals surface area contributed by atoms with Gasteiger partial charge in [0.15, 0.2) is 5.82 Å². The molecule has 1 aromatic heterocycles. The third kappa shape index (κ3) is 6.91. The molecule has 0 radical (unpaired) electrons. The predicted octanol–water partition coefficient (Wildman–Crippen LogP) is 2.04. The van der Waals surface area contributed by atoms with Crippen LogP contribution in [0.4, 0.5) is 15.3 Å². The van der Waals surface area contributed by atoms with Gasteiger partial charge in [-0.3, -0.25) is 4.90 Å². The number of ether oxygens (including phenoxy) is 1. The van der Waals surface area contributed by atoms with E-state index in [1.165, 1.54) is 0 Å². The number of hydrogen-bond acceptors (Lipinski definition) is 7. The van der Waals surface area contributed by atoms with Crippen molar-refractivity contribution in [2.75, 3.05) is 44.6 Å². The van der Waals surface area contributed by atoms with Crippen LogP contribution in [0.5, 0.6) is 0 Å². The van der Waals surface area contributed by atoms with Gasteiger partial charge in [0, 0.05) is 38.4 Å². The van der Waals surface area contributed by atoms with Gasteiger partial charge in [-0.05, 0) is 69.3 Å². The number of amides is 3. The van der Waals surface area contributed by atoms with Gasteiger partial charge >= 0.3 is 12.1 Å². The Kier molecular flexibility index (Phi) is 7.62. The average Bonchev–Trinajstić information content (AvgIpc) is 3.16. The number of carbonyl (C=O) groups is 2. The molecule has 1 fully saturated rings. The minimum atomic E-state index is -0.478. The Morgan fingerprint density at radius 3 is 2.56 bits per heavy atom. The van der Waals surface area contributed by atoms with E-state index in [1.54, 1.807) is 9.58 Å². The Labute approximate surface area is 188 Å². The smallest absolute Gasteiger partial charge is 0.410 e. The fourth-order valence-corrected chi connectivity index (χ4v) is 3.35. The third-order valence-corrected chi connectivity index (χ3v) is 4.93. The Balaban J connectivity index is 1.34. The molecule has 1 saturated heterocycles. The molecule has 2 aromatic rings. The summed E-state index contributed by atoms with van der Waals surface area (Å²) in [5.41, 5.74) is 0.956. The lowest BCUT2D eigenvalue weighted by molar-refractivity contribution is 0.0144. The monoisotopic (exact) mass is 444 g/mol. The van der Waals surface area contributed by atoms with Gasteiger partial charge in [0.25, 0.3) is 0 Å². The first-order chi connectivity index (χ1) is 15.2. The van der Waals surface area contributed by atoms with E-state index >= 15 is 0 Å². The molecule has 0 bridgehead atoms. The number of piperazine rings is 1. The molecule has 0 saturated carbocycles. The fraction of sp³-hybridized carbons (Fsp3) is 0.571. The van der Waals surface area contributed by atoms with Gasteiger partial charge in [0.1, 0.15) is 5.60 Å². The van der Waals surface area contributed by atoms with Gasteiger partial charge in [-0.1, -0.05) is 6.07 Å². The van der Waals surface area contributed by atoms with Crippen LogP contribution in [0.2, 0.25) is 0 Å². The molecule has 1 aromatic carbocycles. The van der Waals surface area contributed by atoms with Crippen molar-refractivity contribution in [3.8, 4) is 5.69 Å². The summed E-state index contributed by atoms with van der Waals surface area (Å²) in [4.78, 5) is 28.4. The lowest BCUT2D eigenvalue weighted by Crippen LogP contribution is -2.50. The molecule has 11 heteroatoms. The third-order valence-electron chi connectivity index (χ3n) is 4.93. The molecule has 1 aliphatic heterocycles. The normalized spacial score (nSPS) is 14.8. The molecular formula is C21H32N8O3. The van der Waals surface area contributed by atoms with Crippen molar-refractivity contribution in [2.45, 2.75) is 39.7 Å². The van der Waals surface area contributed by atoms with Crippen molar-refractivity contribution in [3.05, 3.63) is 30.1 Å². The number of aryl methyl sites for hydroxylation is 1. The Morgan fingerprint density at radius 1 is 1.16 bits per heavy atom. The second-order valence-electron chi connectivity index (χ2n) is 8.73. The molecular weight excluding hydrogens is 412 g/mol. The number of rotatable bonds is 6. The van der Waals surface area contributed by atoms with Crippen LogP contribution in [0.3, 0.4) is 0 Å². The topological polar surface area (TPSA) is 118 Å². The second kappa shape index (κ2) is 10.4. The number of nitrogens with zero attached hydrogens (tertiary/aromatic N) is 6. The summed E-state index contributed by atoms with van der Waals surface area (Å²) >= 11 is 0. The number of aromatic nitrogens is 4. The molecule has 1 aliphatic rings. The van der Waals surface area contributed by atoms with Gasteiger partial charge < -0.3 is 20.3 Å². The SMILES string of the molecule is Cc1nnnn1-c1cccc(NC(=O)NCCCN2CCN(C(=O)OC(C)(C)C)CC2)c1. The maximum Gasteiger partial charge on any atom is 0.410 e. The molecule has 0 aliphatic carbocycles. The van der Waals surface area contributed by atoms with E-state index in [4.69, 9.17) is 4.74 Å². The van der Waals surface area contributed by atoms with Crippen LogP contribution in [-0.2, 0) is 4.74 Å². The van der Waals surface area contributed by atoms with Crippen LogP contribution >= 0.6 is 0 Å². The molecule has 3 amide bonds. The Morgan fingerprint density at radius 2 is 1.91 bits per heavy atom. The highest BCUT2D eigenvalue weighted by Gasteiger charge is 2.25. The van der Waals surface area contributed by atoms with Gasteiger partial charge in [-0.15, -0.1) is 5.10 Å². The second-order valence-corrected chi connectivity index (χ2v) is 8.73. The zero-order chi connectivity index (χ0) is 23.1. The number of hydrogen-bond donors (Lipinski definition) is 2. The quantitative estimate of drug-likeness (QED) is 0.655. The van der Waals surface area contributed by atoms with Crippen LogP contribution in [0, 0.1) is 6.92 Å². The summed E-state index contributed by atoms with van der Waals surface area (Å²) in [6.45, 7) is 11.7. The van der Waals surface area contributed by atoms with Crippen LogP contribution < -0.4 is 10.6 Å². The van der Waals surface area contributed by atoms with Crippen LogP contribution in [0.25, 0.3) is 5.69 Å². The van der Waals surface area contributed by atoms with Crippen molar-refractivity contribution < 1.29 is 14.3 Å². The average molecular weight is 445 g/mol. The van der Waals surface area contributed by atoms with E-state index < -0.39 is 5.60 Å². The number of carbonyl (C=O) groups excluding carboxylic acids is 2. The zero-order valence-electron chi connectivity index (χ0n) is 19.2. The summed E-state index contributed by atoms with van der Waals surface area (Å²) in [7, 11) is 0. The fourth-order valence-electron chi connectivity index (χ4n) is 3.35. The van der Waals surface area contributed by atoms with Crippen molar-refractivity contribution >= 4 is 17.8 Å². The molecule has 0 spiro atoms. The van der Waals surface area contributed by atoms with Crippen LogP contribution in [0.15, 0.2) is 24.3 Å². The molecule has 32 heavy (non-hydrogen) atoms. The largest absolute Gasteiger partial charge is 0.444 e. The minimum Gasteiger partial charge on any atom is -0.444 e. The first-order valence-corrected chi connectivity index (χ1v) is 10.8. The molecule has 2 N–H and O–H groups in total. The van der Waals surface area contributed by atoms with Gasteiger partial charge in [-0.25, -0.2) is 9.59 Å². The van der Waals surface area contributed by atoms with Gasteiger partial charge in [-0.2, -0.15) is 4.68 Å². The molecule has 3 rings (SSSR count). The number of tetrazole rings is 1. The molecule has 0 atom stereocenters. The van der Waals surface area contributed by atoms with Crippen molar-refractivity contribution in [3.63, 3.8) is 0 Å². The van der Waals surface area contributed by atoms with E-state index in [9.17, 15) is 9.59 Å². The summed E-state index contributed by atoms with van der Waals surface area (Å²) in [5, 5.41) is 17.2. The predicted molar refractivity (Wildman–Crippen MR) is 120 cm³/mol. The summed E-state index contributed by atoms with van der Waals surface area (Å²) in [6, 6.07) is 7.07. The highest BCUT2D eigenvalue weighted by atomic mass is 16.6. The Bertz CT molecular complexity index is 916. The highest BCUT2D eigenvalue weighted by Crippen LogP contribution is 2.15. The van der Waals surface area contributed by atoms with Crippen molar-refractivity contribution in [2.24, 2.45) is 0 Å². The van der Waals surface area contributed by atoms with Gasteiger partial charge in [0.2, 0.25) is 0 Å². The molecule has 11 nitrogen and oxygen atoms in total. The first-order valence-electron chi connectivity index (χ1n) is 10.8. The molecule has 2 heterocycles. The van der Waals surface area contributed by atoms with Crippen molar-refractivity contribution in [1.29, 1.82) is 0 Å². The van der Waals surface area contributed by atoms with E-state index in [0.717, 1.165) is 31.7 Å². The lowest BCUT2D eigenvalue weighted by Gasteiger charge is -2.35. The van der Waals surface area contributed by atoms with E-state index in [2.05, 4.69) is 31.1 Å². The van der Waals surface area contributed by atoms with E-state index in [0.29, 0.717) is 31.1 Å². The number of urea groups is 1. The van der Waals surface area contributed by atoms with E-state index in [1.807, 2.05) is 52.0 Å². The summed E-state index contributed by atoms with van der Waals surface area (Å²) in [6.07, 6.45) is 0.568. The number of benzene rings is 1. The standard InChI is InChI=1S/C21H32N8O3/c1-16-24-25-26-29(16)18-8-5-7-17(15-18)23-19(30)22-9-6-10-27-11-13-28(14-12-27)20(31)32-21(2,3)4/h5,7-8,15H,6,9-14H2,1-4H3,(H2,22,23,30). The first kappa shape index (κ1) is 23.5. The van der Waals surface area contributed by atoms with Gasteiger partial charge in [0.05, 0.1) is 5.69 Å². The summed E-state index contributed by atoms with van der Waals surface area (Å²) < 4.78 is 7.03. The summed E-state index contributed by atoms with van der Waals surface area (Å²) in [5.74, 6) is 0.665. The lowest BCUT2D eigenvalue weighted by atomic mass is 10.2. The van der Waals surface area contributed by atoms with E-state index in [-0.39, 0.29) is 12.1 Å². The maximum absolute atomic E-state index is 12.2. The zero-order valence-corrected chi connectivity index (χ0v) is 19.2. The number of nitrogens with one attached hydrogen (secondary N) is 2. The molecule has 174 valence electrons. The molecule has 0 unspecified atom stereocenters. The van der Waals surface area contributed by atoms with Crippen LogP contribution in [-0.4, -0.2) is 87.0 Å². The highest BCUT2D eigenvalue weighted by molar-refractivity contribution is 5.89. The maximum atomic E-state index is 12.2. The van der Waals surface area contributed by atoms with Crippen LogP contribution in [0.1, 0.15) is 33.0 Å². The Hall–Kier alpha value is -3.21.